The van der Waals surface area contributed by atoms with Crippen LogP contribution in [0.25, 0.3) is 11.2 Å². The molecular formula is C15H15N5O3. The molecule has 0 fully saturated rings. The first-order chi connectivity index (χ1) is 11.0. The van der Waals surface area contributed by atoms with E-state index in [-0.39, 0.29) is 23.6 Å². The highest BCUT2D eigenvalue weighted by atomic mass is 16.2. The van der Waals surface area contributed by atoms with Gasteiger partial charge >= 0.3 is 5.69 Å². The van der Waals surface area contributed by atoms with Crippen LogP contribution in [0.3, 0.4) is 0 Å². The van der Waals surface area contributed by atoms with E-state index in [1.54, 1.807) is 0 Å². The van der Waals surface area contributed by atoms with Gasteiger partial charge in [-0.05, 0) is 31.0 Å². The van der Waals surface area contributed by atoms with Crippen molar-refractivity contribution in [1.29, 1.82) is 0 Å². The van der Waals surface area contributed by atoms with Gasteiger partial charge in [0.15, 0.2) is 11.2 Å². The van der Waals surface area contributed by atoms with E-state index in [9.17, 15) is 14.4 Å². The minimum atomic E-state index is -0.632. The Morgan fingerprint density at radius 2 is 2.04 bits per heavy atom. The first-order valence-corrected chi connectivity index (χ1v) is 6.99. The molecule has 23 heavy (non-hydrogen) atoms. The summed E-state index contributed by atoms with van der Waals surface area (Å²) in [5.74, 6) is -0.288. The Kier molecular flexibility index (Phi) is 3.57. The predicted molar refractivity (Wildman–Crippen MR) is 85.5 cm³/mol. The third kappa shape index (κ3) is 2.78. The van der Waals surface area contributed by atoms with Gasteiger partial charge in [0.25, 0.3) is 5.56 Å². The number of hydrogen-bond donors (Lipinski definition) is 3. The van der Waals surface area contributed by atoms with Gasteiger partial charge in [0, 0.05) is 5.69 Å². The van der Waals surface area contributed by atoms with Gasteiger partial charge in [-0.2, -0.15) is 0 Å². The Balaban J connectivity index is 1.88. The summed E-state index contributed by atoms with van der Waals surface area (Å²) in [7, 11) is 0. The van der Waals surface area contributed by atoms with Crippen LogP contribution in [-0.2, 0) is 11.3 Å². The van der Waals surface area contributed by atoms with E-state index in [0.717, 1.165) is 16.8 Å². The number of aryl methyl sites for hydroxylation is 1. The van der Waals surface area contributed by atoms with Gasteiger partial charge in [0.2, 0.25) is 5.91 Å². The van der Waals surface area contributed by atoms with Gasteiger partial charge in [-0.25, -0.2) is 9.78 Å². The number of amides is 1. The highest BCUT2D eigenvalue weighted by Gasteiger charge is 2.12. The molecule has 3 aromatic rings. The number of H-pyrrole nitrogens is 2. The lowest BCUT2D eigenvalue weighted by Crippen LogP contribution is -2.25. The van der Waals surface area contributed by atoms with Crippen LogP contribution in [-0.4, -0.2) is 25.4 Å². The summed E-state index contributed by atoms with van der Waals surface area (Å²) >= 11 is 0. The lowest BCUT2D eigenvalue weighted by Gasteiger charge is -2.10. The maximum Gasteiger partial charge on any atom is 0.327 e. The van der Waals surface area contributed by atoms with Crippen molar-refractivity contribution in [2.24, 2.45) is 0 Å². The molecule has 3 N–H and O–H groups in total. The average molecular weight is 313 g/mol. The van der Waals surface area contributed by atoms with E-state index in [1.807, 2.05) is 32.0 Å². The molecule has 0 bridgehead atoms. The molecule has 0 saturated heterocycles. The van der Waals surface area contributed by atoms with E-state index < -0.39 is 11.2 Å². The molecule has 8 nitrogen and oxygen atoms in total. The van der Waals surface area contributed by atoms with Gasteiger partial charge in [0.1, 0.15) is 6.54 Å². The third-order valence-corrected chi connectivity index (χ3v) is 3.70. The van der Waals surface area contributed by atoms with Crippen LogP contribution in [0.15, 0.2) is 34.1 Å². The van der Waals surface area contributed by atoms with Crippen LogP contribution in [0.4, 0.5) is 5.69 Å². The summed E-state index contributed by atoms with van der Waals surface area (Å²) < 4.78 is 1.39. The summed E-state index contributed by atoms with van der Waals surface area (Å²) in [5.41, 5.74) is 1.87. The van der Waals surface area contributed by atoms with Crippen LogP contribution in [0.5, 0.6) is 0 Å². The molecule has 0 aliphatic carbocycles. The highest BCUT2D eigenvalue weighted by molar-refractivity contribution is 5.92. The zero-order valence-electron chi connectivity index (χ0n) is 12.6. The number of nitrogens with one attached hydrogen (secondary N) is 3. The molecule has 0 saturated carbocycles. The van der Waals surface area contributed by atoms with Gasteiger partial charge in [-0.1, -0.05) is 12.1 Å². The highest BCUT2D eigenvalue weighted by Crippen LogP contribution is 2.18. The summed E-state index contributed by atoms with van der Waals surface area (Å²) in [6, 6.07) is 5.64. The zero-order chi connectivity index (χ0) is 16.6. The zero-order valence-corrected chi connectivity index (χ0v) is 12.6. The smallest absolute Gasteiger partial charge is 0.324 e. The van der Waals surface area contributed by atoms with Crippen molar-refractivity contribution in [1.82, 2.24) is 19.5 Å². The molecular weight excluding hydrogens is 298 g/mol. The molecule has 3 rings (SSSR count). The van der Waals surface area contributed by atoms with Crippen LogP contribution in [0.2, 0.25) is 0 Å². The number of carbonyl (C=O) groups is 1. The number of fused-ring (bicyclic) bond motifs is 1. The maximum atomic E-state index is 12.2. The molecule has 8 heteroatoms. The standard InChI is InChI=1S/C15H15N5O3/c1-8-4-3-5-10(9(8)2)17-11(21)6-20-7-16-13-12(20)14(22)19-15(23)18-13/h3-5,7H,6H2,1-2H3,(H,17,21)(H2,18,19,22,23). The molecule has 0 aliphatic heterocycles. The van der Waals surface area contributed by atoms with Crippen LogP contribution in [0.1, 0.15) is 11.1 Å². The van der Waals surface area contributed by atoms with Crippen LogP contribution in [0, 0.1) is 13.8 Å². The van der Waals surface area contributed by atoms with E-state index in [2.05, 4.69) is 20.3 Å². The third-order valence-electron chi connectivity index (χ3n) is 3.70. The summed E-state index contributed by atoms with van der Waals surface area (Å²) in [6.07, 6.45) is 1.35. The minimum Gasteiger partial charge on any atom is -0.324 e. The molecule has 0 unspecified atom stereocenters. The van der Waals surface area contributed by atoms with Crippen molar-refractivity contribution in [2.45, 2.75) is 20.4 Å². The fraction of sp³-hybridized carbons (Fsp3) is 0.200. The van der Waals surface area contributed by atoms with E-state index in [0.29, 0.717) is 0 Å². The number of benzene rings is 1. The number of nitrogens with zero attached hydrogens (tertiary/aromatic N) is 2. The topological polar surface area (TPSA) is 113 Å². The monoisotopic (exact) mass is 313 g/mol. The SMILES string of the molecule is Cc1cccc(NC(=O)Cn2cnc3[nH]c(=O)[nH]c(=O)c32)c1C. The van der Waals surface area contributed by atoms with Gasteiger partial charge in [-0.15, -0.1) is 0 Å². The molecule has 0 aliphatic rings. The van der Waals surface area contributed by atoms with E-state index >= 15 is 0 Å². The number of anilines is 1. The van der Waals surface area contributed by atoms with E-state index in [4.69, 9.17) is 0 Å². The number of aromatic nitrogens is 4. The van der Waals surface area contributed by atoms with Crippen molar-refractivity contribution in [3.05, 3.63) is 56.5 Å². The van der Waals surface area contributed by atoms with E-state index in [1.165, 1.54) is 10.9 Å². The lowest BCUT2D eigenvalue weighted by molar-refractivity contribution is -0.116. The Labute approximate surface area is 130 Å². The quantitative estimate of drug-likeness (QED) is 0.659. The number of hydrogen-bond acceptors (Lipinski definition) is 4. The second kappa shape index (κ2) is 5.56. The second-order valence-electron chi connectivity index (χ2n) is 5.27. The molecule has 2 aromatic heterocycles. The predicted octanol–water partition coefficient (Wildman–Crippen LogP) is 0.668. The number of rotatable bonds is 3. The molecule has 0 atom stereocenters. The van der Waals surface area contributed by atoms with Crippen molar-refractivity contribution < 1.29 is 4.79 Å². The number of aromatic amines is 2. The van der Waals surface area contributed by atoms with Crippen molar-refractivity contribution in [3.63, 3.8) is 0 Å². The van der Waals surface area contributed by atoms with Crippen molar-refractivity contribution in [2.75, 3.05) is 5.32 Å². The fourth-order valence-electron chi connectivity index (χ4n) is 2.36. The first kappa shape index (κ1) is 14.8. The van der Waals surface area contributed by atoms with Gasteiger partial charge in [-0.3, -0.25) is 19.6 Å². The molecule has 1 amide bonds. The van der Waals surface area contributed by atoms with Gasteiger partial charge < -0.3 is 9.88 Å². The van der Waals surface area contributed by atoms with Crippen LogP contribution < -0.4 is 16.6 Å². The minimum absolute atomic E-state index is 0.0843. The fourth-order valence-corrected chi connectivity index (χ4v) is 2.36. The second-order valence-corrected chi connectivity index (χ2v) is 5.27. The Bertz CT molecular complexity index is 1010. The average Bonchev–Trinajstić information content (AvgIpc) is 2.86. The molecule has 2 heterocycles. The Morgan fingerprint density at radius 1 is 1.26 bits per heavy atom. The Morgan fingerprint density at radius 3 is 2.83 bits per heavy atom. The number of carbonyl (C=O) groups excluding carboxylic acids is 1. The van der Waals surface area contributed by atoms with Crippen molar-refractivity contribution in [3.8, 4) is 0 Å². The largest absolute Gasteiger partial charge is 0.327 e. The van der Waals surface area contributed by atoms with Crippen molar-refractivity contribution >= 4 is 22.8 Å². The maximum absolute atomic E-state index is 12.2. The summed E-state index contributed by atoms with van der Waals surface area (Å²) in [4.78, 5) is 43.8. The summed E-state index contributed by atoms with van der Waals surface area (Å²) in [5, 5.41) is 2.81. The molecule has 0 spiro atoms. The summed E-state index contributed by atoms with van der Waals surface area (Å²) in [6.45, 7) is 3.80. The van der Waals surface area contributed by atoms with Crippen LogP contribution >= 0.6 is 0 Å². The number of imidazole rings is 1. The molecule has 1 aromatic carbocycles. The Hall–Kier alpha value is -3.16. The molecule has 118 valence electrons. The molecule has 0 radical (unpaired) electrons. The van der Waals surface area contributed by atoms with Gasteiger partial charge in [0.05, 0.1) is 6.33 Å². The first-order valence-electron chi connectivity index (χ1n) is 6.99. The lowest BCUT2D eigenvalue weighted by atomic mass is 10.1. The normalized spacial score (nSPS) is 10.9.